The van der Waals surface area contributed by atoms with E-state index in [1.807, 2.05) is 79.7 Å². The minimum atomic E-state index is -0.388. The summed E-state index contributed by atoms with van der Waals surface area (Å²) in [6.45, 7) is 4.57. The predicted octanol–water partition coefficient (Wildman–Crippen LogP) is 4.95. The molecule has 2 atom stereocenters. The second-order valence-corrected chi connectivity index (χ2v) is 6.23. The molecule has 0 heterocycles. The van der Waals surface area contributed by atoms with Crippen LogP contribution in [-0.2, 0) is 20.8 Å². The van der Waals surface area contributed by atoms with Crippen molar-refractivity contribution in [2.24, 2.45) is 0 Å². The fourth-order valence-corrected chi connectivity index (χ4v) is 3.05. The van der Waals surface area contributed by atoms with Crippen LogP contribution in [0, 0.1) is 0 Å². The Bertz CT molecular complexity index is 718. The first-order valence-corrected chi connectivity index (χ1v) is 9.46. The Hall–Kier alpha value is -2.63. The van der Waals surface area contributed by atoms with Crippen molar-refractivity contribution in [3.63, 3.8) is 0 Å². The maximum atomic E-state index is 12.9. The quantitative estimate of drug-likeness (QED) is 0.430. The monoisotopic (exact) mass is 383 g/mol. The molecule has 0 fully saturated rings. The Morgan fingerprint density at radius 2 is 1.71 bits per heavy atom. The molecule has 2 aromatic rings. The van der Waals surface area contributed by atoms with Crippen molar-refractivity contribution < 1.29 is 19.0 Å². The van der Waals surface area contributed by atoms with Gasteiger partial charge in [-0.3, -0.25) is 4.90 Å². The van der Waals surface area contributed by atoms with Gasteiger partial charge in [0.15, 0.2) is 0 Å². The van der Waals surface area contributed by atoms with Crippen LogP contribution in [-0.4, -0.2) is 37.6 Å². The summed E-state index contributed by atoms with van der Waals surface area (Å²) in [4.78, 5) is 14.7. The number of carbonyl (C=O) groups is 1. The molecule has 0 bridgehead atoms. The first-order chi connectivity index (χ1) is 13.7. The van der Waals surface area contributed by atoms with Crippen LogP contribution >= 0.6 is 0 Å². The normalized spacial score (nSPS) is 13.2. The molecule has 0 aliphatic heterocycles. The Kier molecular flexibility index (Phi) is 9.25. The number of ether oxygens (including phenoxy) is 3. The van der Waals surface area contributed by atoms with E-state index in [0.717, 1.165) is 11.1 Å². The molecule has 0 aliphatic rings. The first-order valence-electron chi connectivity index (χ1n) is 9.46. The van der Waals surface area contributed by atoms with Gasteiger partial charge in [-0.05, 0) is 25.0 Å². The minimum Gasteiger partial charge on any atom is -0.450 e. The lowest BCUT2D eigenvalue weighted by molar-refractivity contribution is -0.0817. The summed E-state index contributed by atoms with van der Waals surface area (Å²) < 4.78 is 16.4. The number of nitrogens with zero attached hydrogens (tertiary/aromatic N) is 1. The predicted molar refractivity (Wildman–Crippen MR) is 110 cm³/mol. The number of benzene rings is 2. The fraction of sp³-hybridized carbons (Fsp3) is 0.348. The molecule has 0 saturated carbocycles. The molecule has 0 aliphatic carbocycles. The molecule has 2 aromatic carbocycles. The van der Waals surface area contributed by atoms with Gasteiger partial charge in [-0.15, -0.1) is 0 Å². The average Bonchev–Trinajstić information content (AvgIpc) is 2.73. The molecule has 0 unspecified atom stereocenters. The van der Waals surface area contributed by atoms with E-state index in [9.17, 15) is 4.79 Å². The highest BCUT2D eigenvalue weighted by molar-refractivity contribution is 5.68. The maximum Gasteiger partial charge on any atom is 0.410 e. The highest BCUT2D eigenvalue weighted by Crippen LogP contribution is 2.30. The van der Waals surface area contributed by atoms with E-state index in [0.29, 0.717) is 13.2 Å². The molecule has 5 heteroatoms. The third-order valence-corrected chi connectivity index (χ3v) is 4.25. The molecule has 150 valence electrons. The zero-order chi connectivity index (χ0) is 20.2. The van der Waals surface area contributed by atoms with E-state index >= 15 is 0 Å². The van der Waals surface area contributed by atoms with E-state index in [4.69, 9.17) is 14.2 Å². The van der Waals surface area contributed by atoms with Crippen LogP contribution in [0.25, 0.3) is 0 Å². The highest BCUT2D eigenvalue weighted by atomic mass is 16.7. The SMILES string of the molecule is C/C=C\[C@@H](OCOC)[C@@H](c1ccccc1)N(Cc1ccccc1)C(=O)OCC. The largest absolute Gasteiger partial charge is 0.450 e. The lowest BCUT2D eigenvalue weighted by atomic mass is 9.98. The van der Waals surface area contributed by atoms with Crippen LogP contribution in [0.5, 0.6) is 0 Å². The van der Waals surface area contributed by atoms with Crippen LogP contribution in [0.15, 0.2) is 72.8 Å². The molecule has 5 nitrogen and oxygen atoms in total. The fourth-order valence-electron chi connectivity index (χ4n) is 3.05. The summed E-state index contributed by atoms with van der Waals surface area (Å²) in [7, 11) is 1.58. The highest BCUT2D eigenvalue weighted by Gasteiger charge is 2.32. The molecule has 1 amide bonds. The molecular weight excluding hydrogens is 354 g/mol. The van der Waals surface area contributed by atoms with E-state index in [1.54, 1.807) is 18.9 Å². The second kappa shape index (κ2) is 12.0. The summed E-state index contributed by atoms with van der Waals surface area (Å²) in [6, 6.07) is 19.3. The van der Waals surface area contributed by atoms with Crippen LogP contribution in [0.1, 0.15) is 31.0 Å². The summed E-state index contributed by atoms with van der Waals surface area (Å²) in [6.07, 6.45) is 3.09. The summed E-state index contributed by atoms with van der Waals surface area (Å²) in [5.41, 5.74) is 1.98. The number of hydrogen-bond donors (Lipinski definition) is 0. The van der Waals surface area contributed by atoms with Gasteiger partial charge in [0.1, 0.15) is 12.9 Å². The summed E-state index contributed by atoms with van der Waals surface area (Å²) in [5.74, 6) is 0. The van der Waals surface area contributed by atoms with Crippen molar-refractivity contribution in [2.45, 2.75) is 32.5 Å². The molecule has 0 aromatic heterocycles. The van der Waals surface area contributed by atoms with Crippen LogP contribution in [0.3, 0.4) is 0 Å². The topological polar surface area (TPSA) is 48.0 Å². The number of hydrogen-bond acceptors (Lipinski definition) is 4. The zero-order valence-corrected chi connectivity index (χ0v) is 16.8. The van der Waals surface area contributed by atoms with E-state index in [-0.39, 0.29) is 25.0 Å². The number of amides is 1. The maximum absolute atomic E-state index is 12.9. The number of methoxy groups -OCH3 is 1. The molecule has 28 heavy (non-hydrogen) atoms. The van der Waals surface area contributed by atoms with Crippen molar-refractivity contribution in [3.05, 3.63) is 83.9 Å². The molecular formula is C23H29NO4. The summed E-state index contributed by atoms with van der Waals surface area (Å²) in [5, 5.41) is 0. The van der Waals surface area contributed by atoms with E-state index in [2.05, 4.69) is 0 Å². The zero-order valence-electron chi connectivity index (χ0n) is 16.8. The van der Waals surface area contributed by atoms with Crippen molar-refractivity contribution in [1.82, 2.24) is 4.90 Å². The van der Waals surface area contributed by atoms with Crippen LogP contribution in [0.2, 0.25) is 0 Å². The molecule has 0 radical (unpaired) electrons. The van der Waals surface area contributed by atoms with Gasteiger partial charge in [0.2, 0.25) is 0 Å². The summed E-state index contributed by atoms with van der Waals surface area (Å²) >= 11 is 0. The van der Waals surface area contributed by atoms with Crippen LogP contribution < -0.4 is 0 Å². The van der Waals surface area contributed by atoms with Gasteiger partial charge in [-0.2, -0.15) is 0 Å². The Balaban J connectivity index is 2.47. The van der Waals surface area contributed by atoms with E-state index < -0.39 is 0 Å². The van der Waals surface area contributed by atoms with Crippen molar-refractivity contribution in [2.75, 3.05) is 20.5 Å². The Labute approximate surface area is 167 Å². The lowest BCUT2D eigenvalue weighted by Crippen LogP contribution is -2.41. The van der Waals surface area contributed by atoms with Crippen LogP contribution in [0.4, 0.5) is 4.79 Å². The van der Waals surface area contributed by atoms with Gasteiger partial charge in [0.25, 0.3) is 0 Å². The van der Waals surface area contributed by atoms with Gasteiger partial charge in [0.05, 0.1) is 12.6 Å². The van der Waals surface area contributed by atoms with Gasteiger partial charge < -0.3 is 14.2 Å². The number of rotatable bonds is 10. The Morgan fingerprint density at radius 1 is 1.07 bits per heavy atom. The van der Waals surface area contributed by atoms with Crippen molar-refractivity contribution >= 4 is 6.09 Å². The standard InChI is InChI=1S/C23H29NO4/c1-4-12-21(28-18-26-3)22(20-15-10-7-11-16-20)24(23(25)27-5-2)17-19-13-8-6-9-14-19/h4,6-16,21-22H,5,17-18H2,1-3H3/b12-4-/t21-,22-/m1/s1. The first kappa shape index (κ1) is 21.7. The lowest BCUT2D eigenvalue weighted by Gasteiger charge is -2.35. The molecule has 0 saturated heterocycles. The van der Waals surface area contributed by atoms with Crippen molar-refractivity contribution in [3.8, 4) is 0 Å². The van der Waals surface area contributed by atoms with Gasteiger partial charge >= 0.3 is 6.09 Å². The third-order valence-electron chi connectivity index (χ3n) is 4.25. The van der Waals surface area contributed by atoms with Crippen molar-refractivity contribution in [1.29, 1.82) is 0 Å². The van der Waals surface area contributed by atoms with Gasteiger partial charge in [0, 0.05) is 13.7 Å². The molecule has 0 N–H and O–H groups in total. The second-order valence-electron chi connectivity index (χ2n) is 6.23. The van der Waals surface area contributed by atoms with E-state index in [1.165, 1.54) is 0 Å². The van der Waals surface area contributed by atoms with Gasteiger partial charge in [-0.25, -0.2) is 4.79 Å². The number of allylic oxidation sites excluding steroid dienone is 1. The number of carbonyl (C=O) groups excluding carboxylic acids is 1. The molecule has 2 rings (SSSR count). The van der Waals surface area contributed by atoms with Gasteiger partial charge in [-0.1, -0.05) is 72.8 Å². The molecule has 0 spiro atoms. The minimum absolute atomic E-state index is 0.125. The average molecular weight is 383 g/mol. The smallest absolute Gasteiger partial charge is 0.410 e. The Morgan fingerprint density at radius 3 is 2.29 bits per heavy atom. The third kappa shape index (κ3) is 6.22.